The molecule has 0 aliphatic rings. The van der Waals surface area contributed by atoms with E-state index in [1.54, 1.807) is 36.7 Å². The van der Waals surface area contributed by atoms with Crippen molar-refractivity contribution >= 4 is 17.7 Å². The molecule has 6 nitrogen and oxygen atoms in total. The molecular formula is C17H15FN4O2S. The first-order valence-electron chi connectivity index (χ1n) is 7.59. The van der Waals surface area contributed by atoms with Crippen LogP contribution in [0.15, 0.2) is 58.4 Å². The van der Waals surface area contributed by atoms with Gasteiger partial charge in [-0.1, -0.05) is 30.0 Å². The van der Waals surface area contributed by atoms with Crippen LogP contribution in [-0.4, -0.2) is 33.4 Å². The summed E-state index contributed by atoms with van der Waals surface area (Å²) in [6.45, 7) is 0.366. The van der Waals surface area contributed by atoms with Gasteiger partial charge in [-0.3, -0.25) is 9.78 Å². The van der Waals surface area contributed by atoms with Crippen LogP contribution in [0.5, 0.6) is 0 Å². The fourth-order valence-corrected chi connectivity index (χ4v) is 2.68. The lowest BCUT2D eigenvalue weighted by Crippen LogP contribution is -2.27. The summed E-state index contributed by atoms with van der Waals surface area (Å²) in [6, 6.07) is 10.1. The monoisotopic (exact) mass is 358 g/mol. The molecule has 0 atom stereocenters. The van der Waals surface area contributed by atoms with Gasteiger partial charge in [-0.15, -0.1) is 10.2 Å². The van der Waals surface area contributed by atoms with Crippen LogP contribution in [0, 0.1) is 5.82 Å². The van der Waals surface area contributed by atoms with E-state index < -0.39 is 0 Å². The Balaban J connectivity index is 1.44. The molecule has 0 bridgehead atoms. The van der Waals surface area contributed by atoms with E-state index in [0.29, 0.717) is 29.6 Å². The van der Waals surface area contributed by atoms with E-state index in [1.165, 1.54) is 6.07 Å². The molecule has 0 aliphatic carbocycles. The number of hydrogen-bond acceptors (Lipinski definition) is 6. The highest BCUT2D eigenvalue weighted by Crippen LogP contribution is 2.22. The van der Waals surface area contributed by atoms with Gasteiger partial charge in [0.2, 0.25) is 11.8 Å². The highest BCUT2D eigenvalue weighted by atomic mass is 32.2. The molecule has 0 unspecified atom stereocenters. The van der Waals surface area contributed by atoms with Gasteiger partial charge in [0.1, 0.15) is 5.82 Å². The van der Waals surface area contributed by atoms with Gasteiger partial charge in [0, 0.05) is 18.9 Å². The summed E-state index contributed by atoms with van der Waals surface area (Å²) in [5.74, 6) is 0.0595. The molecule has 1 aromatic carbocycles. The maximum atomic E-state index is 13.5. The van der Waals surface area contributed by atoms with Crippen LogP contribution in [0.1, 0.15) is 5.56 Å². The Labute approximate surface area is 147 Å². The molecular weight excluding hydrogens is 343 g/mol. The number of benzene rings is 1. The maximum absolute atomic E-state index is 13.5. The first-order valence-corrected chi connectivity index (χ1v) is 8.58. The Kier molecular flexibility index (Phi) is 5.73. The van der Waals surface area contributed by atoms with E-state index in [0.717, 1.165) is 17.3 Å². The first kappa shape index (κ1) is 17.1. The summed E-state index contributed by atoms with van der Waals surface area (Å²) in [7, 11) is 0. The van der Waals surface area contributed by atoms with Crippen LogP contribution < -0.4 is 5.32 Å². The Hall–Kier alpha value is -2.74. The van der Waals surface area contributed by atoms with Gasteiger partial charge in [-0.05, 0) is 30.2 Å². The molecule has 8 heteroatoms. The van der Waals surface area contributed by atoms with E-state index >= 15 is 0 Å². The lowest BCUT2D eigenvalue weighted by Gasteiger charge is -2.05. The second-order valence-electron chi connectivity index (χ2n) is 5.09. The number of rotatable bonds is 7. The summed E-state index contributed by atoms with van der Waals surface area (Å²) in [6.07, 6.45) is 3.72. The topological polar surface area (TPSA) is 80.9 Å². The number of thioether (sulfide) groups is 1. The van der Waals surface area contributed by atoms with Crippen molar-refractivity contribution in [3.8, 4) is 11.5 Å². The predicted molar refractivity (Wildman–Crippen MR) is 91.4 cm³/mol. The van der Waals surface area contributed by atoms with Crippen molar-refractivity contribution in [2.24, 2.45) is 0 Å². The minimum Gasteiger partial charge on any atom is -0.411 e. The average Bonchev–Trinajstić information content (AvgIpc) is 3.11. The van der Waals surface area contributed by atoms with Crippen molar-refractivity contribution < 1.29 is 13.6 Å². The maximum Gasteiger partial charge on any atom is 0.277 e. The Morgan fingerprint density at radius 1 is 1.20 bits per heavy atom. The summed E-state index contributed by atoms with van der Waals surface area (Å²) in [5.41, 5.74) is 1.30. The van der Waals surface area contributed by atoms with Gasteiger partial charge in [0.15, 0.2) is 0 Å². The predicted octanol–water partition coefficient (Wildman–Crippen LogP) is 2.72. The lowest BCUT2D eigenvalue weighted by molar-refractivity contribution is -0.118. The van der Waals surface area contributed by atoms with Crippen molar-refractivity contribution in [3.63, 3.8) is 0 Å². The molecule has 25 heavy (non-hydrogen) atoms. The Bertz CT molecular complexity index is 841. The summed E-state index contributed by atoms with van der Waals surface area (Å²) >= 11 is 1.15. The van der Waals surface area contributed by atoms with Gasteiger partial charge in [-0.2, -0.15) is 0 Å². The number of aromatic nitrogens is 3. The van der Waals surface area contributed by atoms with E-state index in [2.05, 4.69) is 20.5 Å². The summed E-state index contributed by atoms with van der Waals surface area (Å²) < 4.78 is 19.0. The van der Waals surface area contributed by atoms with Crippen molar-refractivity contribution in [3.05, 3.63) is 60.2 Å². The SMILES string of the molecule is O=C(CSc1nnc(-c2cccnc2)o1)NCCc1ccccc1F. The van der Waals surface area contributed by atoms with Gasteiger partial charge in [-0.25, -0.2) is 4.39 Å². The van der Waals surface area contributed by atoms with E-state index in [4.69, 9.17) is 4.42 Å². The Morgan fingerprint density at radius 2 is 2.08 bits per heavy atom. The highest BCUT2D eigenvalue weighted by molar-refractivity contribution is 7.99. The van der Waals surface area contributed by atoms with Gasteiger partial charge < -0.3 is 9.73 Å². The normalized spacial score (nSPS) is 10.6. The summed E-state index contributed by atoms with van der Waals surface area (Å²) in [4.78, 5) is 15.8. The number of carbonyl (C=O) groups is 1. The molecule has 0 saturated carbocycles. The van der Waals surface area contributed by atoms with E-state index in [1.807, 2.05) is 6.07 Å². The molecule has 0 radical (unpaired) electrons. The van der Waals surface area contributed by atoms with Gasteiger partial charge >= 0.3 is 0 Å². The average molecular weight is 358 g/mol. The molecule has 0 spiro atoms. The number of nitrogens with zero attached hydrogens (tertiary/aromatic N) is 3. The fourth-order valence-electron chi connectivity index (χ4n) is 2.09. The molecule has 2 heterocycles. The second-order valence-corrected chi connectivity index (χ2v) is 6.02. The van der Waals surface area contributed by atoms with Crippen LogP contribution in [0.3, 0.4) is 0 Å². The molecule has 3 aromatic rings. The molecule has 3 rings (SSSR count). The lowest BCUT2D eigenvalue weighted by atomic mass is 10.1. The summed E-state index contributed by atoms with van der Waals surface area (Å²) in [5, 5.41) is 10.9. The number of amides is 1. The van der Waals surface area contributed by atoms with Gasteiger partial charge in [0.25, 0.3) is 5.22 Å². The van der Waals surface area contributed by atoms with Crippen molar-refractivity contribution in [2.75, 3.05) is 12.3 Å². The van der Waals surface area contributed by atoms with Crippen LogP contribution in [0.25, 0.3) is 11.5 Å². The smallest absolute Gasteiger partial charge is 0.277 e. The molecule has 0 saturated heterocycles. The molecule has 128 valence electrons. The van der Waals surface area contributed by atoms with Crippen LogP contribution >= 0.6 is 11.8 Å². The number of nitrogens with one attached hydrogen (secondary N) is 1. The minimum atomic E-state index is -0.264. The molecule has 1 N–H and O–H groups in total. The zero-order valence-electron chi connectivity index (χ0n) is 13.2. The largest absolute Gasteiger partial charge is 0.411 e. The Morgan fingerprint density at radius 3 is 2.88 bits per heavy atom. The molecule has 0 aliphatic heterocycles. The van der Waals surface area contributed by atoms with Crippen molar-refractivity contribution in [2.45, 2.75) is 11.6 Å². The van der Waals surface area contributed by atoms with Gasteiger partial charge in [0.05, 0.1) is 11.3 Å². The zero-order chi connectivity index (χ0) is 17.5. The third-order valence-corrected chi connectivity index (χ3v) is 4.13. The standard InChI is InChI=1S/C17H15FN4O2S/c18-14-6-2-1-4-12(14)7-9-20-15(23)11-25-17-22-21-16(24-17)13-5-3-8-19-10-13/h1-6,8,10H,7,9,11H2,(H,20,23). The molecule has 1 amide bonds. The zero-order valence-corrected chi connectivity index (χ0v) is 14.0. The molecule has 0 fully saturated rings. The highest BCUT2D eigenvalue weighted by Gasteiger charge is 2.11. The van der Waals surface area contributed by atoms with Crippen LogP contribution in [-0.2, 0) is 11.2 Å². The van der Waals surface area contributed by atoms with Crippen molar-refractivity contribution in [1.29, 1.82) is 0 Å². The van der Waals surface area contributed by atoms with E-state index in [-0.39, 0.29) is 17.5 Å². The number of halogens is 1. The van der Waals surface area contributed by atoms with Crippen molar-refractivity contribution in [1.82, 2.24) is 20.5 Å². The number of hydrogen-bond donors (Lipinski definition) is 1. The van der Waals surface area contributed by atoms with E-state index in [9.17, 15) is 9.18 Å². The third kappa shape index (κ3) is 4.87. The third-order valence-electron chi connectivity index (χ3n) is 3.32. The molecule has 2 aromatic heterocycles. The second kappa shape index (κ2) is 8.39. The fraction of sp³-hybridized carbons (Fsp3) is 0.176. The van der Waals surface area contributed by atoms with Crippen LogP contribution in [0.2, 0.25) is 0 Å². The number of pyridine rings is 1. The van der Waals surface area contributed by atoms with Crippen LogP contribution in [0.4, 0.5) is 4.39 Å². The first-order chi connectivity index (χ1) is 12.2. The quantitative estimate of drug-likeness (QED) is 0.654. The minimum absolute atomic E-state index is 0.145. The number of carbonyl (C=O) groups excluding carboxylic acids is 1.